The number of piperidine rings is 1. The highest BCUT2D eigenvalue weighted by molar-refractivity contribution is 5.94. The van der Waals surface area contributed by atoms with Gasteiger partial charge in [-0.25, -0.2) is 8.78 Å². The molecule has 148 valence electrons. The first-order valence-corrected chi connectivity index (χ1v) is 9.16. The Kier molecular flexibility index (Phi) is 6.23. The lowest BCUT2D eigenvalue weighted by Crippen LogP contribution is -2.40. The van der Waals surface area contributed by atoms with Crippen LogP contribution in [0.2, 0.25) is 0 Å². The number of rotatable bonds is 6. The van der Waals surface area contributed by atoms with Gasteiger partial charge in [0.15, 0.2) is 11.6 Å². The summed E-state index contributed by atoms with van der Waals surface area (Å²) >= 11 is 0. The molecule has 28 heavy (non-hydrogen) atoms. The number of amides is 1. The molecule has 7 heteroatoms. The third-order valence-corrected chi connectivity index (χ3v) is 4.80. The molecule has 0 radical (unpaired) electrons. The van der Waals surface area contributed by atoms with Gasteiger partial charge in [0, 0.05) is 31.1 Å². The summed E-state index contributed by atoms with van der Waals surface area (Å²) in [6.07, 6.45) is 2.47. The quantitative estimate of drug-likeness (QED) is 0.791. The third-order valence-electron chi connectivity index (χ3n) is 4.80. The van der Waals surface area contributed by atoms with Crippen LogP contribution in [0.15, 0.2) is 42.5 Å². The maximum atomic E-state index is 13.3. The first-order chi connectivity index (χ1) is 13.4. The van der Waals surface area contributed by atoms with Crippen molar-refractivity contribution >= 4 is 11.9 Å². The number of carboxylic acid groups (broad SMARTS) is 1. The molecule has 0 aliphatic carbocycles. The first-order valence-electron chi connectivity index (χ1n) is 9.16. The molecule has 1 fully saturated rings. The molecule has 2 aromatic rings. The van der Waals surface area contributed by atoms with Crippen molar-refractivity contribution in [1.82, 2.24) is 4.90 Å². The van der Waals surface area contributed by atoms with Crippen LogP contribution in [0.25, 0.3) is 0 Å². The van der Waals surface area contributed by atoms with Crippen molar-refractivity contribution in [3.63, 3.8) is 0 Å². The molecule has 1 unspecified atom stereocenters. The predicted molar refractivity (Wildman–Crippen MR) is 98.4 cm³/mol. The van der Waals surface area contributed by atoms with E-state index in [-0.39, 0.29) is 24.0 Å². The van der Waals surface area contributed by atoms with E-state index in [1.54, 1.807) is 29.2 Å². The second-order valence-corrected chi connectivity index (χ2v) is 6.89. The number of benzene rings is 2. The summed E-state index contributed by atoms with van der Waals surface area (Å²) in [6, 6.07) is 9.71. The number of likely N-dealkylation sites (tertiary alicyclic amines) is 1. The fraction of sp³-hybridized carbons (Fsp3) is 0.333. The number of hydrogen-bond acceptors (Lipinski definition) is 3. The van der Waals surface area contributed by atoms with Crippen LogP contribution >= 0.6 is 0 Å². The molecular formula is C21H21F2NO4. The number of hydrogen-bond donors (Lipinski definition) is 1. The van der Waals surface area contributed by atoms with Crippen molar-refractivity contribution < 1.29 is 28.2 Å². The summed E-state index contributed by atoms with van der Waals surface area (Å²) in [5.41, 5.74) is 0.497. The van der Waals surface area contributed by atoms with E-state index in [9.17, 15) is 18.4 Å². The summed E-state index contributed by atoms with van der Waals surface area (Å²) in [4.78, 5) is 25.2. The highest BCUT2D eigenvalue weighted by Crippen LogP contribution is 2.25. The van der Waals surface area contributed by atoms with Crippen LogP contribution < -0.4 is 4.74 Å². The van der Waals surface area contributed by atoms with Gasteiger partial charge in [-0.05, 0) is 61.6 Å². The Balaban J connectivity index is 1.61. The molecule has 1 saturated heterocycles. The summed E-state index contributed by atoms with van der Waals surface area (Å²) in [7, 11) is 0. The summed E-state index contributed by atoms with van der Waals surface area (Å²) in [5.74, 6) is -2.11. The predicted octanol–water partition coefficient (Wildman–Crippen LogP) is 4.47. The van der Waals surface area contributed by atoms with Crippen LogP contribution in [0.1, 0.15) is 36.0 Å². The third kappa shape index (κ3) is 5.06. The van der Waals surface area contributed by atoms with Gasteiger partial charge >= 0.3 is 5.97 Å². The lowest BCUT2D eigenvalue weighted by Gasteiger charge is -2.32. The van der Waals surface area contributed by atoms with E-state index >= 15 is 0 Å². The molecule has 1 aliphatic rings. The Morgan fingerprint density at radius 1 is 1.07 bits per heavy atom. The van der Waals surface area contributed by atoms with Gasteiger partial charge in [0.05, 0.1) is 0 Å². The van der Waals surface area contributed by atoms with Crippen LogP contribution in [0.4, 0.5) is 8.78 Å². The van der Waals surface area contributed by atoms with E-state index in [1.165, 1.54) is 6.07 Å². The van der Waals surface area contributed by atoms with Crippen molar-refractivity contribution in [2.75, 3.05) is 13.1 Å². The van der Waals surface area contributed by atoms with Gasteiger partial charge in [0.25, 0.3) is 5.91 Å². The van der Waals surface area contributed by atoms with Crippen LogP contribution in [-0.2, 0) is 4.79 Å². The molecule has 2 aromatic carbocycles. The molecule has 1 N–H and O–H groups in total. The molecule has 3 rings (SSSR count). The van der Waals surface area contributed by atoms with Crippen LogP contribution in [0.3, 0.4) is 0 Å². The summed E-state index contributed by atoms with van der Waals surface area (Å²) in [6.45, 7) is 1.20. The maximum absolute atomic E-state index is 13.3. The second-order valence-electron chi connectivity index (χ2n) is 6.89. The topological polar surface area (TPSA) is 66.8 Å². The molecule has 1 aliphatic heterocycles. The van der Waals surface area contributed by atoms with Crippen molar-refractivity contribution in [2.45, 2.75) is 25.7 Å². The lowest BCUT2D eigenvalue weighted by molar-refractivity contribution is -0.137. The first kappa shape index (κ1) is 19.8. The molecule has 1 atom stereocenters. The fourth-order valence-corrected chi connectivity index (χ4v) is 3.34. The minimum absolute atomic E-state index is 0.112. The van der Waals surface area contributed by atoms with E-state index in [1.807, 2.05) is 0 Å². The SMILES string of the molecule is O=C(O)CCC1CCCN(C(=O)c2ccc(Oc3ccc(F)c(F)c3)cc2)C1. The van der Waals surface area contributed by atoms with E-state index in [0.29, 0.717) is 30.8 Å². The molecule has 1 heterocycles. The summed E-state index contributed by atoms with van der Waals surface area (Å²) < 4.78 is 31.7. The standard InChI is InChI=1S/C21H21F2NO4/c22-18-9-8-17(12-19(18)23)28-16-6-4-15(5-7-16)21(27)24-11-1-2-14(13-24)3-10-20(25)26/h4-9,12,14H,1-3,10-11,13H2,(H,25,26). The van der Waals surface area contributed by atoms with Crippen molar-refractivity contribution in [3.8, 4) is 11.5 Å². The zero-order chi connectivity index (χ0) is 20.1. The molecule has 0 spiro atoms. The van der Waals surface area contributed by atoms with Crippen LogP contribution in [0, 0.1) is 17.6 Å². The Labute approximate surface area is 161 Å². The number of carboxylic acids is 1. The fourth-order valence-electron chi connectivity index (χ4n) is 3.34. The van der Waals surface area contributed by atoms with Gasteiger partial charge in [-0.15, -0.1) is 0 Å². The molecule has 0 aromatic heterocycles. The van der Waals surface area contributed by atoms with Crippen LogP contribution in [0.5, 0.6) is 11.5 Å². The monoisotopic (exact) mass is 389 g/mol. The average molecular weight is 389 g/mol. The maximum Gasteiger partial charge on any atom is 0.303 e. The van der Waals surface area contributed by atoms with Crippen molar-refractivity contribution in [3.05, 3.63) is 59.7 Å². The average Bonchev–Trinajstić information content (AvgIpc) is 2.69. The minimum Gasteiger partial charge on any atom is -0.481 e. The minimum atomic E-state index is -0.994. The number of ether oxygens (including phenoxy) is 1. The zero-order valence-corrected chi connectivity index (χ0v) is 15.2. The lowest BCUT2D eigenvalue weighted by atomic mass is 9.93. The Morgan fingerprint density at radius 2 is 1.79 bits per heavy atom. The molecule has 5 nitrogen and oxygen atoms in total. The van der Waals surface area contributed by atoms with E-state index < -0.39 is 17.6 Å². The zero-order valence-electron chi connectivity index (χ0n) is 15.2. The smallest absolute Gasteiger partial charge is 0.303 e. The van der Waals surface area contributed by atoms with Gasteiger partial charge < -0.3 is 14.7 Å². The Bertz CT molecular complexity index is 854. The number of nitrogens with zero attached hydrogens (tertiary/aromatic N) is 1. The van der Waals surface area contributed by atoms with Crippen LogP contribution in [-0.4, -0.2) is 35.0 Å². The highest BCUT2D eigenvalue weighted by atomic mass is 19.2. The van der Waals surface area contributed by atoms with E-state index in [0.717, 1.165) is 25.0 Å². The van der Waals surface area contributed by atoms with Crippen molar-refractivity contribution in [1.29, 1.82) is 0 Å². The van der Waals surface area contributed by atoms with Gasteiger partial charge in [0.1, 0.15) is 11.5 Å². The number of halogens is 2. The van der Waals surface area contributed by atoms with E-state index in [4.69, 9.17) is 9.84 Å². The molecule has 0 saturated carbocycles. The van der Waals surface area contributed by atoms with Gasteiger partial charge in [-0.3, -0.25) is 9.59 Å². The van der Waals surface area contributed by atoms with Gasteiger partial charge in [0.2, 0.25) is 0 Å². The largest absolute Gasteiger partial charge is 0.481 e. The molecule has 0 bridgehead atoms. The number of carbonyl (C=O) groups is 2. The van der Waals surface area contributed by atoms with Gasteiger partial charge in [-0.1, -0.05) is 0 Å². The number of carbonyl (C=O) groups excluding carboxylic acids is 1. The Morgan fingerprint density at radius 3 is 2.46 bits per heavy atom. The van der Waals surface area contributed by atoms with Crippen molar-refractivity contribution in [2.24, 2.45) is 5.92 Å². The van der Waals surface area contributed by atoms with E-state index in [2.05, 4.69) is 0 Å². The Hall–Kier alpha value is -2.96. The van der Waals surface area contributed by atoms with Gasteiger partial charge in [-0.2, -0.15) is 0 Å². The summed E-state index contributed by atoms with van der Waals surface area (Å²) in [5, 5.41) is 8.83. The normalized spacial score (nSPS) is 16.6. The molecule has 1 amide bonds. The molecular weight excluding hydrogens is 368 g/mol. The highest BCUT2D eigenvalue weighted by Gasteiger charge is 2.24. The number of aliphatic carboxylic acids is 1. The second kappa shape index (κ2) is 8.82.